The summed E-state index contributed by atoms with van der Waals surface area (Å²) in [7, 11) is 1.90. The van der Waals surface area contributed by atoms with Gasteiger partial charge in [-0.1, -0.05) is 6.07 Å². The Morgan fingerprint density at radius 3 is 2.74 bits per heavy atom. The lowest BCUT2D eigenvalue weighted by Gasteiger charge is -2.28. The van der Waals surface area contributed by atoms with Crippen LogP contribution in [0.4, 0.5) is 5.82 Å². The number of piperazine rings is 1. The molecule has 0 atom stereocenters. The zero-order valence-corrected chi connectivity index (χ0v) is 17.3. The van der Waals surface area contributed by atoms with Gasteiger partial charge in [0.25, 0.3) is 0 Å². The Kier molecular flexibility index (Phi) is 5.13. The van der Waals surface area contributed by atoms with Gasteiger partial charge in [-0.05, 0) is 35.9 Å². The van der Waals surface area contributed by atoms with E-state index in [9.17, 15) is 4.79 Å². The maximum absolute atomic E-state index is 12.9. The second-order valence-electron chi connectivity index (χ2n) is 7.75. The fourth-order valence-electron chi connectivity index (χ4n) is 3.85. The number of nitrogens with zero attached hydrogens (tertiary/aromatic N) is 6. The molecule has 5 rings (SSSR count). The van der Waals surface area contributed by atoms with E-state index in [1.807, 2.05) is 43.7 Å². The van der Waals surface area contributed by atoms with Gasteiger partial charge in [0.15, 0.2) is 5.78 Å². The zero-order valence-electron chi connectivity index (χ0n) is 17.3. The van der Waals surface area contributed by atoms with Crippen molar-refractivity contribution in [3.63, 3.8) is 0 Å². The fourth-order valence-corrected chi connectivity index (χ4v) is 3.85. The average Bonchev–Trinajstić information content (AvgIpc) is 3.25. The van der Waals surface area contributed by atoms with E-state index in [0.29, 0.717) is 11.3 Å². The van der Waals surface area contributed by atoms with Gasteiger partial charge in [0.1, 0.15) is 5.82 Å². The van der Waals surface area contributed by atoms with Crippen molar-refractivity contribution in [2.75, 3.05) is 31.1 Å². The molecule has 0 bridgehead atoms. The Balaban J connectivity index is 1.37. The Morgan fingerprint density at radius 2 is 1.94 bits per heavy atom. The first-order valence-corrected chi connectivity index (χ1v) is 10.4. The number of carbonyl (C=O) groups is 1. The van der Waals surface area contributed by atoms with Gasteiger partial charge >= 0.3 is 0 Å². The SMILES string of the molecule is Cn1cc(-c2ccc3nnc(CC(=O)c4ccnc(N5CCNCC5)c4)cc3c2)cn1. The van der Waals surface area contributed by atoms with Crippen molar-refractivity contribution in [1.82, 2.24) is 30.3 Å². The maximum Gasteiger partial charge on any atom is 0.169 e. The van der Waals surface area contributed by atoms with Crippen molar-refractivity contribution in [1.29, 1.82) is 0 Å². The number of fused-ring (bicyclic) bond motifs is 1. The molecule has 1 aromatic carbocycles. The molecule has 0 aliphatic carbocycles. The number of Topliss-reactive ketones (excluding diaryl/α,β-unsaturated/α-hetero) is 1. The maximum atomic E-state index is 12.9. The molecule has 8 heteroatoms. The number of aromatic nitrogens is 5. The summed E-state index contributed by atoms with van der Waals surface area (Å²) in [6, 6.07) is 11.6. The molecule has 4 aromatic rings. The van der Waals surface area contributed by atoms with Gasteiger partial charge in [-0.15, -0.1) is 0 Å². The van der Waals surface area contributed by atoms with Crippen LogP contribution in [0.2, 0.25) is 0 Å². The molecule has 0 radical (unpaired) electrons. The summed E-state index contributed by atoms with van der Waals surface area (Å²) in [5.41, 5.74) is 4.20. The van der Waals surface area contributed by atoms with Crippen molar-refractivity contribution >= 4 is 22.5 Å². The van der Waals surface area contributed by atoms with E-state index in [1.54, 1.807) is 16.9 Å². The molecule has 31 heavy (non-hydrogen) atoms. The first-order valence-electron chi connectivity index (χ1n) is 10.4. The standard InChI is InChI=1S/C23H23N7O/c1-29-15-19(14-26-29)16-2-3-21-18(10-16)11-20(27-28-21)13-22(31)17-4-5-25-23(12-17)30-8-6-24-7-9-30/h2-5,10-12,14-15,24H,6-9,13H2,1H3. The number of rotatable bonds is 5. The second kappa shape index (κ2) is 8.23. The molecule has 0 saturated carbocycles. The largest absolute Gasteiger partial charge is 0.354 e. The van der Waals surface area contributed by atoms with E-state index >= 15 is 0 Å². The summed E-state index contributed by atoms with van der Waals surface area (Å²) >= 11 is 0. The molecule has 1 aliphatic rings. The van der Waals surface area contributed by atoms with E-state index in [2.05, 4.69) is 36.6 Å². The third kappa shape index (κ3) is 4.15. The summed E-state index contributed by atoms with van der Waals surface area (Å²) in [6.45, 7) is 3.63. The molecule has 1 saturated heterocycles. The van der Waals surface area contributed by atoms with Crippen LogP contribution in [0, 0.1) is 0 Å². The fraction of sp³-hybridized carbons (Fsp3) is 0.261. The highest BCUT2D eigenvalue weighted by Crippen LogP contribution is 2.23. The predicted molar refractivity (Wildman–Crippen MR) is 119 cm³/mol. The number of carbonyl (C=O) groups excluding carboxylic acids is 1. The van der Waals surface area contributed by atoms with Crippen LogP contribution in [-0.2, 0) is 13.5 Å². The van der Waals surface area contributed by atoms with Crippen LogP contribution in [0.15, 0.2) is 55.0 Å². The Bertz CT molecular complexity index is 1240. The van der Waals surface area contributed by atoms with Crippen molar-refractivity contribution in [3.8, 4) is 11.1 Å². The molecule has 3 aromatic heterocycles. The van der Waals surface area contributed by atoms with Crippen LogP contribution >= 0.6 is 0 Å². The van der Waals surface area contributed by atoms with E-state index in [0.717, 1.165) is 54.0 Å². The minimum Gasteiger partial charge on any atom is -0.354 e. The third-order valence-corrected chi connectivity index (χ3v) is 5.52. The van der Waals surface area contributed by atoms with E-state index in [1.165, 1.54) is 0 Å². The van der Waals surface area contributed by atoms with Gasteiger partial charge in [-0.25, -0.2) is 4.98 Å². The number of anilines is 1. The van der Waals surface area contributed by atoms with Crippen LogP contribution in [0.25, 0.3) is 22.0 Å². The number of hydrogen-bond acceptors (Lipinski definition) is 7. The topological polar surface area (TPSA) is 88.8 Å². The lowest BCUT2D eigenvalue weighted by atomic mass is 10.0. The highest BCUT2D eigenvalue weighted by atomic mass is 16.1. The normalized spacial score (nSPS) is 14.2. The number of ketones is 1. The first-order chi connectivity index (χ1) is 15.2. The summed E-state index contributed by atoms with van der Waals surface area (Å²) < 4.78 is 1.78. The van der Waals surface area contributed by atoms with Gasteiger partial charge in [-0.3, -0.25) is 9.48 Å². The van der Waals surface area contributed by atoms with Crippen LogP contribution < -0.4 is 10.2 Å². The monoisotopic (exact) mass is 413 g/mol. The molecule has 1 fully saturated rings. The Morgan fingerprint density at radius 1 is 1.06 bits per heavy atom. The van der Waals surface area contributed by atoms with E-state index in [4.69, 9.17) is 0 Å². The zero-order chi connectivity index (χ0) is 21.2. The second-order valence-corrected chi connectivity index (χ2v) is 7.75. The average molecular weight is 413 g/mol. The molecule has 8 nitrogen and oxygen atoms in total. The van der Waals surface area contributed by atoms with Crippen LogP contribution in [-0.4, -0.2) is 56.9 Å². The molecule has 4 heterocycles. The number of benzene rings is 1. The van der Waals surface area contributed by atoms with Gasteiger partial charge < -0.3 is 10.2 Å². The van der Waals surface area contributed by atoms with Crippen LogP contribution in [0.1, 0.15) is 16.1 Å². The molecule has 0 amide bonds. The van der Waals surface area contributed by atoms with Crippen molar-refractivity contribution in [2.45, 2.75) is 6.42 Å². The van der Waals surface area contributed by atoms with Crippen molar-refractivity contribution < 1.29 is 4.79 Å². The number of pyridine rings is 1. The third-order valence-electron chi connectivity index (χ3n) is 5.52. The highest BCUT2D eigenvalue weighted by Gasteiger charge is 2.15. The number of nitrogens with one attached hydrogen (secondary N) is 1. The highest BCUT2D eigenvalue weighted by molar-refractivity contribution is 5.98. The molecule has 156 valence electrons. The summed E-state index contributed by atoms with van der Waals surface area (Å²) in [6.07, 6.45) is 5.71. The molecule has 1 N–H and O–H groups in total. The van der Waals surface area contributed by atoms with Crippen LogP contribution in [0.3, 0.4) is 0 Å². The lowest BCUT2D eigenvalue weighted by Crippen LogP contribution is -2.43. The van der Waals surface area contributed by atoms with Crippen molar-refractivity contribution in [3.05, 3.63) is 66.2 Å². The number of hydrogen-bond donors (Lipinski definition) is 1. The molecule has 0 unspecified atom stereocenters. The van der Waals surface area contributed by atoms with Gasteiger partial charge in [0.2, 0.25) is 0 Å². The quantitative estimate of drug-likeness (QED) is 0.502. The number of aryl methyl sites for hydroxylation is 1. The van der Waals surface area contributed by atoms with E-state index in [-0.39, 0.29) is 12.2 Å². The minimum atomic E-state index is 0.0100. The summed E-state index contributed by atoms with van der Waals surface area (Å²) in [5, 5.41) is 17.1. The summed E-state index contributed by atoms with van der Waals surface area (Å²) in [4.78, 5) is 19.6. The smallest absolute Gasteiger partial charge is 0.169 e. The molecule has 0 spiro atoms. The van der Waals surface area contributed by atoms with Gasteiger partial charge in [-0.2, -0.15) is 15.3 Å². The van der Waals surface area contributed by atoms with Crippen LogP contribution in [0.5, 0.6) is 0 Å². The summed E-state index contributed by atoms with van der Waals surface area (Å²) in [5.74, 6) is 0.855. The molecular weight excluding hydrogens is 390 g/mol. The Labute approximate surface area is 179 Å². The lowest BCUT2D eigenvalue weighted by molar-refractivity contribution is 0.0991. The predicted octanol–water partition coefficient (Wildman–Crippen LogP) is 2.26. The Hall–Kier alpha value is -3.65. The van der Waals surface area contributed by atoms with E-state index < -0.39 is 0 Å². The molecular formula is C23H23N7O. The first kappa shape index (κ1) is 19.3. The minimum absolute atomic E-state index is 0.0100. The van der Waals surface area contributed by atoms with Gasteiger partial charge in [0, 0.05) is 62.1 Å². The van der Waals surface area contributed by atoms with Crippen molar-refractivity contribution in [2.24, 2.45) is 7.05 Å². The van der Waals surface area contributed by atoms with Gasteiger partial charge in [0.05, 0.1) is 23.8 Å². The molecule has 1 aliphatic heterocycles.